The lowest BCUT2D eigenvalue weighted by molar-refractivity contribution is 0.0696. The summed E-state index contributed by atoms with van der Waals surface area (Å²) >= 11 is 0. The van der Waals surface area contributed by atoms with Crippen LogP contribution in [0.1, 0.15) is 45.4 Å². The van der Waals surface area contributed by atoms with Gasteiger partial charge in [-0.1, -0.05) is 48.5 Å². The number of carbonyl (C=O) groups excluding carboxylic acids is 1. The summed E-state index contributed by atoms with van der Waals surface area (Å²) in [5, 5.41) is 12.1. The van der Waals surface area contributed by atoms with Crippen molar-refractivity contribution < 1.29 is 24.2 Å². The summed E-state index contributed by atoms with van der Waals surface area (Å²) in [5.74, 6) is -0.452. The van der Waals surface area contributed by atoms with Gasteiger partial charge < -0.3 is 19.9 Å². The molecule has 0 aromatic heterocycles. The quantitative estimate of drug-likeness (QED) is 0.643. The van der Waals surface area contributed by atoms with Crippen molar-refractivity contribution >= 4 is 12.1 Å². The molecule has 0 spiro atoms. The fraction of sp³-hybridized carbons (Fsp3) is 0.200. The minimum atomic E-state index is -1.02. The standard InChI is InChI=1S/C25H21NO5/c27-24(28)15-9-10-23-20(13-15)22(11-12-30-23)26-25(29)31-14-21-18-7-3-1-5-16(18)17-6-2-4-8-19(17)21/h1-10,13,21-22H,11-12,14H2,(H,26,29)(H,27,28). The average molecular weight is 415 g/mol. The third kappa shape index (κ3) is 3.50. The van der Waals surface area contributed by atoms with Crippen LogP contribution in [-0.2, 0) is 4.74 Å². The highest BCUT2D eigenvalue weighted by atomic mass is 16.5. The molecule has 0 radical (unpaired) electrons. The zero-order chi connectivity index (χ0) is 21.4. The molecule has 31 heavy (non-hydrogen) atoms. The number of carboxylic acids is 1. The summed E-state index contributed by atoms with van der Waals surface area (Å²) in [4.78, 5) is 23.9. The van der Waals surface area contributed by atoms with Crippen LogP contribution in [0.4, 0.5) is 4.79 Å². The van der Waals surface area contributed by atoms with Crippen LogP contribution in [0.15, 0.2) is 66.7 Å². The van der Waals surface area contributed by atoms with Crippen LogP contribution < -0.4 is 10.1 Å². The van der Waals surface area contributed by atoms with Crippen molar-refractivity contribution in [3.8, 4) is 16.9 Å². The predicted octanol–water partition coefficient (Wildman–Crippen LogP) is 4.75. The minimum absolute atomic E-state index is 0.0151. The average Bonchev–Trinajstić information content (AvgIpc) is 3.11. The van der Waals surface area contributed by atoms with E-state index in [9.17, 15) is 14.7 Å². The molecule has 3 aromatic carbocycles. The first-order valence-corrected chi connectivity index (χ1v) is 10.2. The SMILES string of the molecule is O=C(NC1CCOc2ccc(C(=O)O)cc21)OCC1c2ccccc2-c2ccccc21. The van der Waals surface area contributed by atoms with Crippen LogP contribution in [0.2, 0.25) is 0 Å². The Morgan fingerprint density at radius 1 is 0.968 bits per heavy atom. The summed E-state index contributed by atoms with van der Waals surface area (Å²) in [5.41, 5.74) is 5.46. The van der Waals surface area contributed by atoms with E-state index < -0.39 is 12.1 Å². The Balaban J connectivity index is 1.31. The first-order valence-electron chi connectivity index (χ1n) is 10.2. The van der Waals surface area contributed by atoms with Gasteiger partial charge >= 0.3 is 12.1 Å². The number of aromatic carboxylic acids is 1. The number of hydrogen-bond donors (Lipinski definition) is 2. The zero-order valence-corrected chi connectivity index (χ0v) is 16.7. The minimum Gasteiger partial charge on any atom is -0.493 e. The van der Waals surface area contributed by atoms with Gasteiger partial charge in [0.15, 0.2) is 0 Å². The van der Waals surface area contributed by atoms with Gasteiger partial charge in [-0.3, -0.25) is 0 Å². The molecule has 6 heteroatoms. The molecule has 1 heterocycles. The van der Waals surface area contributed by atoms with E-state index >= 15 is 0 Å². The molecule has 0 fully saturated rings. The second-order valence-electron chi connectivity index (χ2n) is 7.72. The topological polar surface area (TPSA) is 84.9 Å². The van der Waals surface area contributed by atoms with Crippen molar-refractivity contribution in [1.29, 1.82) is 0 Å². The normalized spacial score (nSPS) is 16.5. The lowest BCUT2D eigenvalue weighted by Gasteiger charge is -2.27. The fourth-order valence-electron chi connectivity index (χ4n) is 4.46. The highest BCUT2D eigenvalue weighted by Crippen LogP contribution is 2.44. The molecule has 1 aliphatic carbocycles. The summed E-state index contributed by atoms with van der Waals surface area (Å²) in [7, 11) is 0. The van der Waals surface area contributed by atoms with Crippen molar-refractivity contribution in [2.24, 2.45) is 0 Å². The number of hydrogen-bond acceptors (Lipinski definition) is 4. The Morgan fingerprint density at radius 3 is 2.32 bits per heavy atom. The van der Waals surface area contributed by atoms with Crippen molar-refractivity contribution in [2.75, 3.05) is 13.2 Å². The summed E-state index contributed by atoms with van der Waals surface area (Å²) < 4.78 is 11.2. The Hall–Kier alpha value is -3.80. The highest BCUT2D eigenvalue weighted by Gasteiger charge is 2.30. The third-order valence-electron chi connectivity index (χ3n) is 5.93. The number of ether oxygens (including phenoxy) is 2. The Kier molecular flexibility index (Phi) is 4.82. The number of carboxylic acid groups (broad SMARTS) is 1. The van der Waals surface area contributed by atoms with Crippen LogP contribution in [-0.4, -0.2) is 30.4 Å². The molecule has 2 aliphatic rings. The molecule has 1 amide bonds. The molecule has 5 rings (SSSR count). The third-order valence-corrected chi connectivity index (χ3v) is 5.93. The van der Waals surface area contributed by atoms with Crippen LogP contribution in [0.5, 0.6) is 5.75 Å². The van der Waals surface area contributed by atoms with Gasteiger partial charge in [0.25, 0.3) is 0 Å². The van der Waals surface area contributed by atoms with Gasteiger partial charge in [0.1, 0.15) is 12.4 Å². The van der Waals surface area contributed by atoms with Crippen LogP contribution in [0, 0.1) is 0 Å². The molecule has 1 aliphatic heterocycles. The van der Waals surface area contributed by atoms with E-state index in [0.717, 1.165) is 11.1 Å². The summed E-state index contributed by atoms with van der Waals surface area (Å²) in [6, 6.07) is 20.7. The molecule has 0 bridgehead atoms. The van der Waals surface area contributed by atoms with Crippen molar-refractivity contribution in [3.05, 3.63) is 89.0 Å². The molecule has 0 saturated heterocycles. The van der Waals surface area contributed by atoms with Gasteiger partial charge in [0.2, 0.25) is 0 Å². The van der Waals surface area contributed by atoms with Crippen molar-refractivity contribution in [3.63, 3.8) is 0 Å². The number of rotatable bonds is 4. The molecule has 3 aromatic rings. The molecule has 0 saturated carbocycles. The second-order valence-corrected chi connectivity index (χ2v) is 7.72. The van der Waals surface area contributed by atoms with Gasteiger partial charge in [-0.15, -0.1) is 0 Å². The number of alkyl carbamates (subject to hydrolysis) is 1. The smallest absolute Gasteiger partial charge is 0.407 e. The van der Waals surface area contributed by atoms with E-state index in [1.54, 1.807) is 12.1 Å². The molecule has 1 unspecified atom stereocenters. The molecular weight excluding hydrogens is 394 g/mol. The number of nitrogens with one attached hydrogen (secondary N) is 1. The van der Waals surface area contributed by atoms with Crippen LogP contribution in [0.3, 0.4) is 0 Å². The van der Waals surface area contributed by atoms with Gasteiger partial charge in [-0.05, 0) is 40.5 Å². The Morgan fingerprint density at radius 2 is 1.65 bits per heavy atom. The predicted molar refractivity (Wildman–Crippen MR) is 114 cm³/mol. The van der Waals surface area contributed by atoms with Crippen molar-refractivity contribution in [1.82, 2.24) is 5.32 Å². The summed E-state index contributed by atoms with van der Waals surface area (Å²) in [6.07, 6.45) is 0.0146. The van der Waals surface area contributed by atoms with Gasteiger partial charge in [-0.25, -0.2) is 9.59 Å². The van der Waals surface area contributed by atoms with E-state index in [4.69, 9.17) is 9.47 Å². The van der Waals surface area contributed by atoms with E-state index in [1.807, 2.05) is 24.3 Å². The fourth-order valence-corrected chi connectivity index (χ4v) is 4.46. The monoisotopic (exact) mass is 415 g/mol. The van der Waals surface area contributed by atoms with Crippen LogP contribution in [0.25, 0.3) is 11.1 Å². The van der Waals surface area contributed by atoms with Gasteiger partial charge in [-0.2, -0.15) is 0 Å². The lowest BCUT2D eigenvalue weighted by Crippen LogP contribution is -2.33. The maximum atomic E-state index is 12.6. The van der Waals surface area contributed by atoms with E-state index in [0.29, 0.717) is 24.3 Å². The van der Waals surface area contributed by atoms with E-state index in [1.165, 1.54) is 17.2 Å². The Bertz CT molecular complexity index is 1130. The molecule has 2 N–H and O–H groups in total. The Labute approximate surface area is 179 Å². The largest absolute Gasteiger partial charge is 0.493 e. The molecule has 6 nitrogen and oxygen atoms in total. The number of benzene rings is 3. The lowest BCUT2D eigenvalue weighted by atomic mass is 9.98. The molecular formula is C25H21NO5. The number of amides is 1. The number of fused-ring (bicyclic) bond motifs is 4. The van der Waals surface area contributed by atoms with Crippen molar-refractivity contribution in [2.45, 2.75) is 18.4 Å². The summed E-state index contributed by atoms with van der Waals surface area (Å²) in [6.45, 7) is 0.666. The molecule has 1 atom stereocenters. The van der Waals surface area contributed by atoms with Gasteiger partial charge in [0.05, 0.1) is 18.2 Å². The second kappa shape index (κ2) is 7.80. The van der Waals surface area contributed by atoms with E-state index in [2.05, 4.69) is 29.6 Å². The van der Waals surface area contributed by atoms with Gasteiger partial charge in [0, 0.05) is 17.9 Å². The maximum Gasteiger partial charge on any atom is 0.407 e. The first-order chi connectivity index (χ1) is 15.1. The maximum absolute atomic E-state index is 12.6. The highest BCUT2D eigenvalue weighted by molar-refractivity contribution is 5.88. The molecule has 156 valence electrons. The first kappa shape index (κ1) is 19.2. The zero-order valence-electron chi connectivity index (χ0n) is 16.7. The van der Waals surface area contributed by atoms with Crippen LogP contribution >= 0.6 is 0 Å². The number of carbonyl (C=O) groups is 2. The van der Waals surface area contributed by atoms with E-state index in [-0.39, 0.29) is 24.1 Å².